The van der Waals surface area contributed by atoms with Gasteiger partial charge in [-0.2, -0.15) is 4.98 Å². The molecule has 0 aliphatic heterocycles. The quantitative estimate of drug-likeness (QED) is 0.646. The van der Waals surface area contributed by atoms with Gasteiger partial charge in [0.1, 0.15) is 11.3 Å². The Bertz CT molecular complexity index is 766. The average molecular weight is 325 g/mol. The van der Waals surface area contributed by atoms with E-state index in [2.05, 4.69) is 24.1 Å². The van der Waals surface area contributed by atoms with Crippen molar-refractivity contribution in [1.82, 2.24) is 10.3 Å². The van der Waals surface area contributed by atoms with Gasteiger partial charge in [-0.3, -0.25) is 0 Å². The Morgan fingerprint density at radius 1 is 1.17 bits per heavy atom. The van der Waals surface area contributed by atoms with E-state index in [0.717, 1.165) is 24.9 Å². The highest BCUT2D eigenvalue weighted by Gasteiger charge is 2.07. The van der Waals surface area contributed by atoms with Gasteiger partial charge in [-0.1, -0.05) is 38.1 Å². The molecule has 2 aromatic carbocycles. The fourth-order valence-corrected chi connectivity index (χ4v) is 2.38. The van der Waals surface area contributed by atoms with Crippen molar-refractivity contribution in [3.63, 3.8) is 0 Å². The molecule has 0 aliphatic carbocycles. The molecule has 4 heteroatoms. The monoisotopic (exact) mass is 325 g/mol. The highest BCUT2D eigenvalue weighted by molar-refractivity contribution is 5.72. The number of ether oxygens (including phenoxy) is 1. The molecule has 4 nitrogen and oxygen atoms in total. The van der Waals surface area contributed by atoms with Gasteiger partial charge in [-0.15, -0.1) is 0 Å². The first-order valence-electron chi connectivity index (χ1n) is 8.96. The van der Waals surface area contributed by atoms with Crippen LogP contribution in [0, 0.1) is 5.92 Å². The van der Waals surface area contributed by atoms with E-state index in [9.17, 15) is 0 Å². The van der Waals surface area contributed by atoms with Crippen LogP contribution >= 0.6 is 0 Å². The number of aromatic nitrogens is 1. The Hall–Kier alpha value is -2.33. The number of para-hydroxylation sites is 2. The van der Waals surface area contributed by atoms with Crippen molar-refractivity contribution in [3.05, 3.63) is 54.1 Å². The zero-order valence-electron chi connectivity index (χ0n) is 15.2. The molecule has 1 aromatic heterocycles. The zero-order chi connectivity index (χ0) is 17.6. The summed E-state index contributed by atoms with van der Waals surface area (Å²) in [6.45, 7) is 4.95. The van der Waals surface area contributed by atoms with Crippen molar-refractivity contribution in [1.29, 1.82) is 0 Å². The molecular weight excluding hydrogens is 300 g/mol. The standard InChI is InChI=1S/C20H24N2O2/c1-15(2)14-21-13-5-6-16-9-11-17(12-10-16)23-20-22-18-7-3-4-8-19(18)24-20/h3-4,7-12,15,21H,5-6,13-14H2,1-2H3/i13D. The van der Waals surface area contributed by atoms with Crippen LogP contribution in [-0.2, 0) is 6.42 Å². The molecule has 1 N–H and O–H groups in total. The van der Waals surface area contributed by atoms with Crippen molar-refractivity contribution in [2.24, 2.45) is 5.92 Å². The van der Waals surface area contributed by atoms with E-state index in [4.69, 9.17) is 10.5 Å². The summed E-state index contributed by atoms with van der Waals surface area (Å²) in [4.78, 5) is 4.30. The molecule has 0 amide bonds. The first-order valence-corrected chi connectivity index (χ1v) is 8.38. The Morgan fingerprint density at radius 2 is 1.96 bits per heavy atom. The topological polar surface area (TPSA) is 47.3 Å². The normalized spacial score (nSPS) is 13.2. The Labute approximate surface area is 144 Å². The number of nitrogens with one attached hydrogen (secondary N) is 1. The lowest BCUT2D eigenvalue weighted by Gasteiger charge is -2.07. The average Bonchev–Trinajstić information content (AvgIpc) is 3.01. The molecule has 1 atom stereocenters. The zero-order valence-corrected chi connectivity index (χ0v) is 14.2. The fourth-order valence-electron chi connectivity index (χ4n) is 2.38. The van der Waals surface area contributed by atoms with Crippen LogP contribution in [0.1, 0.15) is 27.2 Å². The minimum atomic E-state index is -0.224. The predicted octanol–water partition coefficient (Wildman–Crippen LogP) is 4.80. The van der Waals surface area contributed by atoms with E-state index in [1.807, 2.05) is 48.5 Å². The number of aryl methyl sites for hydroxylation is 1. The van der Waals surface area contributed by atoms with E-state index in [0.29, 0.717) is 17.3 Å². The number of rotatable bonds is 8. The van der Waals surface area contributed by atoms with Crippen molar-refractivity contribution < 1.29 is 10.5 Å². The maximum absolute atomic E-state index is 8.00. The molecule has 3 rings (SSSR count). The number of hydrogen-bond acceptors (Lipinski definition) is 4. The van der Waals surface area contributed by atoms with Crippen LogP contribution < -0.4 is 10.1 Å². The van der Waals surface area contributed by atoms with Gasteiger partial charge in [0, 0.05) is 1.37 Å². The maximum Gasteiger partial charge on any atom is 0.400 e. The van der Waals surface area contributed by atoms with Gasteiger partial charge < -0.3 is 14.5 Å². The first-order chi connectivity index (χ1) is 12.1. The third-order valence-corrected chi connectivity index (χ3v) is 3.65. The van der Waals surface area contributed by atoms with Gasteiger partial charge in [0.25, 0.3) is 0 Å². The molecule has 126 valence electrons. The molecule has 0 spiro atoms. The second kappa shape index (κ2) is 7.97. The van der Waals surface area contributed by atoms with Crippen LogP contribution in [0.4, 0.5) is 0 Å². The summed E-state index contributed by atoms with van der Waals surface area (Å²) in [5.74, 6) is 1.26. The van der Waals surface area contributed by atoms with Gasteiger partial charge in [0.05, 0.1) is 0 Å². The van der Waals surface area contributed by atoms with Crippen molar-refractivity contribution in [2.75, 3.05) is 13.1 Å². The smallest absolute Gasteiger partial charge is 0.400 e. The van der Waals surface area contributed by atoms with E-state index >= 15 is 0 Å². The Kier molecular flexibility index (Phi) is 5.05. The van der Waals surface area contributed by atoms with E-state index in [-0.39, 0.29) is 12.6 Å². The van der Waals surface area contributed by atoms with Crippen LogP contribution in [-0.4, -0.2) is 18.0 Å². The van der Waals surface area contributed by atoms with E-state index in [1.165, 1.54) is 5.56 Å². The summed E-state index contributed by atoms with van der Waals surface area (Å²) in [6.07, 6.45) is 1.90. The summed E-state index contributed by atoms with van der Waals surface area (Å²) >= 11 is 0. The van der Waals surface area contributed by atoms with E-state index < -0.39 is 0 Å². The molecule has 0 saturated heterocycles. The highest BCUT2D eigenvalue weighted by Crippen LogP contribution is 2.25. The minimum absolute atomic E-state index is 0.224. The summed E-state index contributed by atoms with van der Waals surface area (Å²) in [7, 11) is 0. The Morgan fingerprint density at radius 3 is 2.71 bits per heavy atom. The molecule has 0 radical (unpaired) electrons. The maximum atomic E-state index is 8.00. The van der Waals surface area contributed by atoms with Crippen LogP contribution in [0.25, 0.3) is 11.1 Å². The van der Waals surface area contributed by atoms with Gasteiger partial charge >= 0.3 is 6.08 Å². The number of hydrogen-bond donors (Lipinski definition) is 1. The summed E-state index contributed by atoms with van der Waals surface area (Å²) in [6, 6.07) is 15.4. The number of fused-ring (bicyclic) bond motifs is 1. The van der Waals surface area contributed by atoms with Crippen LogP contribution in [0.5, 0.6) is 11.8 Å². The molecule has 0 fully saturated rings. The first kappa shape index (κ1) is 15.2. The third-order valence-electron chi connectivity index (χ3n) is 3.65. The third kappa shape index (κ3) is 4.59. The summed E-state index contributed by atoms with van der Waals surface area (Å²) < 4.78 is 19.2. The summed E-state index contributed by atoms with van der Waals surface area (Å²) in [5.41, 5.74) is 2.68. The molecular formula is C20H24N2O2. The van der Waals surface area contributed by atoms with Crippen LogP contribution in [0.2, 0.25) is 0 Å². The van der Waals surface area contributed by atoms with Gasteiger partial charge in [0.2, 0.25) is 0 Å². The van der Waals surface area contributed by atoms with Gasteiger partial charge in [-0.05, 0) is 61.7 Å². The molecule has 0 saturated carbocycles. The second-order valence-corrected chi connectivity index (χ2v) is 6.24. The van der Waals surface area contributed by atoms with Crippen LogP contribution in [0.3, 0.4) is 0 Å². The molecule has 24 heavy (non-hydrogen) atoms. The molecule has 1 unspecified atom stereocenters. The van der Waals surface area contributed by atoms with Crippen molar-refractivity contribution in [3.8, 4) is 11.8 Å². The van der Waals surface area contributed by atoms with Gasteiger partial charge in [0.15, 0.2) is 5.58 Å². The largest absolute Gasteiger partial charge is 0.411 e. The van der Waals surface area contributed by atoms with Gasteiger partial charge in [-0.25, -0.2) is 0 Å². The number of benzene rings is 2. The van der Waals surface area contributed by atoms with Crippen LogP contribution in [0.15, 0.2) is 52.9 Å². The summed E-state index contributed by atoms with van der Waals surface area (Å²) in [5, 5.41) is 3.23. The molecule has 1 heterocycles. The number of nitrogens with zero attached hydrogens (tertiary/aromatic N) is 1. The van der Waals surface area contributed by atoms with Crippen molar-refractivity contribution in [2.45, 2.75) is 26.7 Å². The lowest BCUT2D eigenvalue weighted by molar-refractivity contribution is 0.343. The Balaban J connectivity index is 1.53. The number of oxazole rings is 1. The SMILES string of the molecule is [2H]C(CCc1ccc(Oc2nc3ccccc3o2)cc1)NCC(C)C. The molecule has 0 aliphatic rings. The van der Waals surface area contributed by atoms with E-state index in [1.54, 1.807) is 0 Å². The predicted molar refractivity (Wildman–Crippen MR) is 96.6 cm³/mol. The lowest BCUT2D eigenvalue weighted by Crippen LogP contribution is -2.21. The lowest BCUT2D eigenvalue weighted by atomic mass is 10.1. The molecule has 3 aromatic rings. The van der Waals surface area contributed by atoms with Crippen molar-refractivity contribution >= 4 is 11.1 Å². The molecule has 0 bridgehead atoms. The minimum Gasteiger partial charge on any atom is -0.411 e. The second-order valence-electron chi connectivity index (χ2n) is 6.24. The highest BCUT2D eigenvalue weighted by atomic mass is 16.6. The fraction of sp³-hybridized carbons (Fsp3) is 0.350.